The van der Waals surface area contributed by atoms with Crippen molar-refractivity contribution in [3.8, 4) is 0 Å². The number of nitro groups is 1. The molecule has 1 rings (SSSR count). The first-order valence-electron chi connectivity index (χ1n) is 5.84. The molecule has 0 amide bonds. The third kappa shape index (κ3) is 3.73. The van der Waals surface area contributed by atoms with Gasteiger partial charge in [-0.05, 0) is 24.6 Å². The van der Waals surface area contributed by atoms with E-state index in [0.29, 0.717) is 0 Å². The van der Waals surface area contributed by atoms with E-state index in [-0.39, 0.29) is 29.8 Å². The van der Waals surface area contributed by atoms with Crippen molar-refractivity contribution in [1.82, 2.24) is 0 Å². The quantitative estimate of drug-likeness (QED) is 0.383. The van der Waals surface area contributed by atoms with Crippen molar-refractivity contribution in [2.45, 2.75) is 18.6 Å². The highest BCUT2D eigenvalue weighted by Crippen LogP contribution is 2.25. The van der Waals surface area contributed by atoms with E-state index in [1.54, 1.807) is 0 Å². The average molecular weight is 284 g/mol. The van der Waals surface area contributed by atoms with Crippen LogP contribution in [0.25, 0.3) is 0 Å². The van der Waals surface area contributed by atoms with Crippen LogP contribution in [-0.2, 0) is 4.74 Å². The molecule has 0 spiro atoms. The maximum Gasteiger partial charge on any atom is 0.338 e. The molecule has 2 unspecified atom stereocenters. The first kappa shape index (κ1) is 16.0. The van der Waals surface area contributed by atoms with Gasteiger partial charge in [-0.2, -0.15) is 0 Å². The summed E-state index contributed by atoms with van der Waals surface area (Å²) in [5.74, 6) is -0.768. The predicted molar refractivity (Wildman–Crippen MR) is 69.1 cm³/mol. The Morgan fingerprint density at radius 2 is 2.10 bits per heavy atom. The van der Waals surface area contributed by atoms with E-state index in [0.717, 1.165) is 19.2 Å². The standard InChI is InChI=1S/C12H16N2O6/c1-20-12(17)8-4-7(5-9(6-8)14(18)19)11(16)10(15)2-3-13/h4-6,10-11,15-16H,2-3,13H2,1H3. The van der Waals surface area contributed by atoms with Gasteiger partial charge in [0.1, 0.15) is 6.10 Å². The molecule has 0 fully saturated rings. The van der Waals surface area contributed by atoms with Crippen LogP contribution in [0.1, 0.15) is 28.4 Å². The van der Waals surface area contributed by atoms with Crippen molar-refractivity contribution in [3.05, 3.63) is 39.4 Å². The van der Waals surface area contributed by atoms with Crippen molar-refractivity contribution >= 4 is 11.7 Å². The van der Waals surface area contributed by atoms with Gasteiger partial charge in [0.05, 0.1) is 23.7 Å². The minimum atomic E-state index is -1.37. The Hall–Kier alpha value is -2.03. The normalized spacial score (nSPS) is 13.6. The number of aliphatic hydroxyl groups excluding tert-OH is 2. The molecule has 0 bridgehead atoms. The van der Waals surface area contributed by atoms with Crippen molar-refractivity contribution < 1.29 is 24.7 Å². The summed E-state index contributed by atoms with van der Waals surface area (Å²) in [7, 11) is 1.14. The maximum absolute atomic E-state index is 11.4. The van der Waals surface area contributed by atoms with Crippen LogP contribution in [0, 0.1) is 10.1 Å². The largest absolute Gasteiger partial charge is 0.465 e. The van der Waals surface area contributed by atoms with Gasteiger partial charge in [-0.15, -0.1) is 0 Å². The third-order valence-corrected chi connectivity index (χ3v) is 2.74. The summed E-state index contributed by atoms with van der Waals surface area (Å²) in [6.45, 7) is 0.150. The zero-order chi connectivity index (χ0) is 15.3. The zero-order valence-electron chi connectivity index (χ0n) is 10.9. The predicted octanol–water partition coefficient (Wildman–Crippen LogP) is 0.124. The molecule has 1 aromatic rings. The monoisotopic (exact) mass is 284 g/mol. The number of nitro benzene ring substituents is 1. The fourth-order valence-electron chi connectivity index (χ4n) is 1.70. The van der Waals surface area contributed by atoms with E-state index in [2.05, 4.69) is 4.74 Å². The summed E-state index contributed by atoms with van der Waals surface area (Å²) >= 11 is 0. The summed E-state index contributed by atoms with van der Waals surface area (Å²) in [4.78, 5) is 21.6. The third-order valence-electron chi connectivity index (χ3n) is 2.74. The van der Waals surface area contributed by atoms with E-state index in [4.69, 9.17) is 5.73 Å². The molecule has 0 aliphatic heterocycles. The smallest absolute Gasteiger partial charge is 0.338 e. The fraction of sp³-hybridized carbons (Fsp3) is 0.417. The van der Waals surface area contributed by atoms with Gasteiger partial charge in [-0.1, -0.05) is 0 Å². The SMILES string of the molecule is COC(=O)c1cc(C(O)C(O)CCN)cc([N+](=O)[O-])c1. The molecular weight excluding hydrogens is 268 g/mol. The number of aliphatic hydroxyl groups is 2. The number of methoxy groups -OCH3 is 1. The van der Waals surface area contributed by atoms with Crippen LogP contribution in [-0.4, -0.2) is 40.9 Å². The van der Waals surface area contributed by atoms with Crippen molar-refractivity contribution in [3.63, 3.8) is 0 Å². The van der Waals surface area contributed by atoms with Gasteiger partial charge >= 0.3 is 5.97 Å². The van der Waals surface area contributed by atoms with E-state index in [1.807, 2.05) is 0 Å². The molecule has 1 aromatic carbocycles. The summed E-state index contributed by atoms with van der Waals surface area (Å²) in [5.41, 5.74) is 4.88. The molecular formula is C12H16N2O6. The first-order chi connectivity index (χ1) is 9.40. The number of nitrogens with zero attached hydrogens (tertiary/aromatic N) is 1. The number of non-ortho nitro benzene ring substituents is 1. The second kappa shape index (κ2) is 6.94. The summed E-state index contributed by atoms with van der Waals surface area (Å²) in [6.07, 6.45) is -2.42. The molecule has 0 heterocycles. The summed E-state index contributed by atoms with van der Waals surface area (Å²) < 4.78 is 4.49. The number of hydrogen-bond acceptors (Lipinski definition) is 7. The van der Waals surface area contributed by atoms with Crippen LogP contribution >= 0.6 is 0 Å². The first-order valence-corrected chi connectivity index (χ1v) is 5.84. The Balaban J connectivity index is 3.21. The molecule has 0 aliphatic rings. The van der Waals surface area contributed by atoms with Gasteiger partial charge in [0, 0.05) is 12.1 Å². The molecule has 4 N–H and O–H groups in total. The van der Waals surface area contributed by atoms with Crippen LogP contribution in [0.2, 0.25) is 0 Å². The molecule has 0 radical (unpaired) electrons. The maximum atomic E-state index is 11.4. The molecule has 0 aromatic heterocycles. The molecule has 2 atom stereocenters. The molecule has 0 saturated carbocycles. The number of rotatable bonds is 6. The highest BCUT2D eigenvalue weighted by atomic mass is 16.6. The Morgan fingerprint density at radius 3 is 2.60 bits per heavy atom. The van der Waals surface area contributed by atoms with E-state index in [1.165, 1.54) is 6.07 Å². The number of benzene rings is 1. The number of hydrogen-bond donors (Lipinski definition) is 3. The van der Waals surface area contributed by atoms with Gasteiger partial charge in [0.25, 0.3) is 5.69 Å². The van der Waals surface area contributed by atoms with Crippen LogP contribution in [0.3, 0.4) is 0 Å². The number of carbonyl (C=O) groups excluding carboxylic acids is 1. The minimum absolute atomic E-state index is 0.0561. The Kier molecular flexibility index (Phi) is 5.56. The summed E-state index contributed by atoms with van der Waals surface area (Å²) in [6, 6.07) is 3.37. The zero-order valence-corrected chi connectivity index (χ0v) is 10.9. The highest BCUT2D eigenvalue weighted by molar-refractivity contribution is 5.90. The minimum Gasteiger partial charge on any atom is -0.465 e. The molecule has 110 valence electrons. The van der Waals surface area contributed by atoms with Crippen molar-refractivity contribution in [2.24, 2.45) is 5.73 Å². The lowest BCUT2D eigenvalue weighted by Gasteiger charge is -2.17. The van der Waals surface area contributed by atoms with Gasteiger partial charge in [0.15, 0.2) is 0 Å². The second-order valence-corrected chi connectivity index (χ2v) is 4.15. The number of nitrogens with two attached hydrogens (primary N) is 1. The van der Waals surface area contributed by atoms with E-state index >= 15 is 0 Å². The van der Waals surface area contributed by atoms with Crippen LogP contribution in [0.5, 0.6) is 0 Å². The molecule has 8 heteroatoms. The Morgan fingerprint density at radius 1 is 1.45 bits per heavy atom. The lowest BCUT2D eigenvalue weighted by molar-refractivity contribution is -0.385. The van der Waals surface area contributed by atoms with E-state index in [9.17, 15) is 25.1 Å². The van der Waals surface area contributed by atoms with Gasteiger partial charge in [-0.3, -0.25) is 10.1 Å². The molecule has 0 aliphatic carbocycles. The average Bonchev–Trinajstić information content (AvgIpc) is 2.45. The number of carbonyl (C=O) groups is 1. The van der Waals surface area contributed by atoms with Crippen molar-refractivity contribution in [2.75, 3.05) is 13.7 Å². The molecule has 20 heavy (non-hydrogen) atoms. The molecule has 0 saturated heterocycles. The molecule has 8 nitrogen and oxygen atoms in total. The van der Waals surface area contributed by atoms with Crippen LogP contribution < -0.4 is 5.73 Å². The van der Waals surface area contributed by atoms with Crippen LogP contribution in [0.15, 0.2) is 18.2 Å². The van der Waals surface area contributed by atoms with Crippen molar-refractivity contribution in [1.29, 1.82) is 0 Å². The highest BCUT2D eigenvalue weighted by Gasteiger charge is 2.23. The van der Waals surface area contributed by atoms with Gasteiger partial charge in [0.2, 0.25) is 0 Å². The van der Waals surface area contributed by atoms with E-state index < -0.39 is 23.1 Å². The lowest BCUT2D eigenvalue weighted by atomic mass is 9.99. The lowest BCUT2D eigenvalue weighted by Crippen LogP contribution is -2.22. The number of ether oxygens (including phenoxy) is 1. The Bertz CT molecular complexity index is 505. The van der Waals surface area contributed by atoms with Gasteiger partial charge in [-0.25, -0.2) is 4.79 Å². The second-order valence-electron chi connectivity index (χ2n) is 4.15. The topological polar surface area (TPSA) is 136 Å². The van der Waals surface area contributed by atoms with Crippen LogP contribution in [0.4, 0.5) is 5.69 Å². The summed E-state index contributed by atoms with van der Waals surface area (Å²) in [5, 5.41) is 30.4. The number of esters is 1. The Labute approximate surface area is 114 Å². The van der Waals surface area contributed by atoms with Gasteiger partial charge < -0.3 is 20.7 Å². The fourth-order valence-corrected chi connectivity index (χ4v) is 1.70.